The SMILES string of the molecule is CCc1nc2sc(C(=O)Nc3ccc(C)cc3C)c(C)c2c(=O)n1CCC(C)=O. The zero-order valence-corrected chi connectivity index (χ0v) is 18.2. The molecule has 0 unspecified atom stereocenters. The zero-order chi connectivity index (χ0) is 21.3. The monoisotopic (exact) mass is 411 g/mol. The topological polar surface area (TPSA) is 81.1 Å². The van der Waals surface area contributed by atoms with Crippen LogP contribution in [0, 0.1) is 20.8 Å². The number of carbonyl (C=O) groups excluding carboxylic acids is 2. The van der Waals surface area contributed by atoms with Crippen molar-refractivity contribution >= 4 is 38.9 Å². The lowest BCUT2D eigenvalue weighted by atomic mass is 10.1. The van der Waals surface area contributed by atoms with Crippen LogP contribution in [0.15, 0.2) is 23.0 Å². The van der Waals surface area contributed by atoms with Crippen molar-refractivity contribution < 1.29 is 9.59 Å². The highest BCUT2D eigenvalue weighted by Gasteiger charge is 2.21. The highest BCUT2D eigenvalue weighted by Crippen LogP contribution is 2.29. The van der Waals surface area contributed by atoms with Gasteiger partial charge in [0, 0.05) is 25.1 Å². The fraction of sp³-hybridized carbons (Fsp3) is 0.364. The number of hydrogen-bond acceptors (Lipinski definition) is 5. The van der Waals surface area contributed by atoms with E-state index in [1.807, 2.05) is 39.0 Å². The second-order valence-electron chi connectivity index (χ2n) is 7.30. The largest absolute Gasteiger partial charge is 0.321 e. The number of nitrogens with one attached hydrogen (secondary N) is 1. The number of carbonyl (C=O) groups is 2. The smallest absolute Gasteiger partial charge is 0.266 e. The quantitative estimate of drug-likeness (QED) is 0.660. The summed E-state index contributed by atoms with van der Waals surface area (Å²) in [5.41, 5.74) is 3.30. The van der Waals surface area contributed by atoms with E-state index in [2.05, 4.69) is 10.3 Å². The van der Waals surface area contributed by atoms with Crippen LogP contribution in [-0.4, -0.2) is 21.2 Å². The van der Waals surface area contributed by atoms with Gasteiger partial charge < -0.3 is 5.32 Å². The Bertz CT molecular complexity index is 1170. The Kier molecular flexibility index (Phi) is 5.98. The number of Topliss-reactive ketones (excluding diaryl/α,β-unsaturated/α-hetero) is 1. The second-order valence-corrected chi connectivity index (χ2v) is 8.30. The van der Waals surface area contributed by atoms with Crippen molar-refractivity contribution in [2.75, 3.05) is 5.32 Å². The molecule has 0 aliphatic heterocycles. The van der Waals surface area contributed by atoms with Crippen molar-refractivity contribution in [2.24, 2.45) is 0 Å². The number of thiophene rings is 1. The van der Waals surface area contributed by atoms with Crippen molar-refractivity contribution in [1.29, 1.82) is 0 Å². The fourth-order valence-electron chi connectivity index (χ4n) is 3.38. The standard InChI is InChI=1S/C22H25N3O3S/c1-6-17-24-21-18(22(28)25(17)10-9-14(4)26)15(5)19(29-21)20(27)23-16-8-7-12(2)11-13(16)3/h7-8,11H,6,9-10H2,1-5H3,(H,23,27). The number of amides is 1. The third kappa shape index (κ3) is 4.15. The highest BCUT2D eigenvalue weighted by atomic mass is 32.1. The Labute approximate surface area is 173 Å². The van der Waals surface area contributed by atoms with Gasteiger partial charge in [-0.25, -0.2) is 4.98 Å². The van der Waals surface area contributed by atoms with Crippen LogP contribution in [0.2, 0.25) is 0 Å². The van der Waals surface area contributed by atoms with Crippen LogP contribution >= 0.6 is 11.3 Å². The van der Waals surface area contributed by atoms with E-state index in [0.717, 1.165) is 16.8 Å². The maximum atomic E-state index is 13.1. The molecule has 0 fully saturated rings. The third-order valence-corrected chi connectivity index (χ3v) is 6.15. The Balaban J connectivity index is 2.04. The van der Waals surface area contributed by atoms with Crippen LogP contribution in [0.3, 0.4) is 0 Å². The van der Waals surface area contributed by atoms with Crippen LogP contribution in [-0.2, 0) is 17.8 Å². The average Bonchev–Trinajstić information content (AvgIpc) is 2.99. The Morgan fingerprint density at radius 2 is 1.93 bits per heavy atom. The minimum atomic E-state index is -0.245. The number of rotatable bonds is 6. The van der Waals surface area contributed by atoms with Gasteiger partial charge in [0.05, 0.1) is 10.3 Å². The van der Waals surface area contributed by atoms with E-state index in [9.17, 15) is 14.4 Å². The molecule has 2 heterocycles. The Morgan fingerprint density at radius 3 is 2.55 bits per heavy atom. The lowest BCUT2D eigenvalue weighted by Gasteiger charge is -2.10. The summed E-state index contributed by atoms with van der Waals surface area (Å²) in [4.78, 5) is 43.1. The van der Waals surface area contributed by atoms with Crippen molar-refractivity contribution in [3.8, 4) is 0 Å². The molecule has 29 heavy (non-hydrogen) atoms. The van der Waals surface area contributed by atoms with Crippen LogP contribution in [0.1, 0.15) is 52.5 Å². The summed E-state index contributed by atoms with van der Waals surface area (Å²) in [5, 5.41) is 3.41. The molecule has 0 atom stereocenters. The number of aromatic nitrogens is 2. The van der Waals surface area contributed by atoms with E-state index in [-0.39, 0.29) is 23.7 Å². The molecule has 0 aliphatic carbocycles. The van der Waals surface area contributed by atoms with Crippen LogP contribution in [0.4, 0.5) is 5.69 Å². The van der Waals surface area contributed by atoms with Gasteiger partial charge >= 0.3 is 0 Å². The Morgan fingerprint density at radius 1 is 1.21 bits per heavy atom. The first kappa shape index (κ1) is 20.9. The van der Waals surface area contributed by atoms with E-state index in [1.165, 1.54) is 18.3 Å². The number of aryl methyl sites for hydroxylation is 4. The molecule has 0 saturated heterocycles. The van der Waals surface area contributed by atoms with Gasteiger partial charge in [-0.15, -0.1) is 11.3 Å². The zero-order valence-electron chi connectivity index (χ0n) is 17.4. The van der Waals surface area contributed by atoms with Gasteiger partial charge in [-0.1, -0.05) is 24.6 Å². The number of fused-ring (bicyclic) bond motifs is 1. The predicted octanol–water partition coefficient (Wildman–Crippen LogP) is 4.18. The average molecular weight is 412 g/mol. The van der Waals surface area contributed by atoms with Crippen LogP contribution in [0.25, 0.3) is 10.2 Å². The molecule has 2 aromatic heterocycles. The molecule has 0 saturated carbocycles. The first-order valence-electron chi connectivity index (χ1n) is 9.63. The molecule has 0 radical (unpaired) electrons. The van der Waals surface area contributed by atoms with E-state index in [1.54, 1.807) is 11.5 Å². The molecular weight excluding hydrogens is 386 g/mol. The molecule has 0 aliphatic rings. The van der Waals surface area contributed by atoms with Gasteiger partial charge in [-0.05, 0) is 44.9 Å². The summed E-state index contributed by atoms with van der Waals surface area (Å²) in [6.07, 6.45) is 0.855. The predicted molar refractivity (Wildman–Crippen MR) is 117 cm³/mol. The number of anilines is 1. The van der Waals surface area contributed by atoms with Crippen molar-refractivity contribution in [3.63, 3.8) is 0 Å². The molecule has 7 heteroatoms. The lowest BCUT2D eigenvalue weighted by molar-refractivity contribution is -0.117. The molecular formula is C22H25N3O3S. The van der Waals surface area contributed by atoms with Gasteiger partial charge in [0.15, 0.2) is 0 Å². The van der Waals surface area contributed by atoms with Gasteiger partial charge in [0.2, 0.25) is 0 Å². The first-order chi connectivity index (χ1) is 13.7. The molecule has 6 nitrogen and oxygen atoms in total. The van der Waals surface area contributed by atoms with Gasteiger partial charge in [-0.2, -0.15) is 0 Å². The fourth-order valence-corrected chi connectivity index (χ4v) is 4.46. The molecule has 3 aromatic rings. The summed E-state index contributed by atoms with van der Waals surface area (Å²) < 4.78 is 1.56. The molecule has 1 amide bonds. The number of ketones is 1. The van der Waals surface area contributed by atoms with Gasteiger partial charge in [0.25, 0.3) is 11.5 Å². The molecule has 0 bridgehead atoms. The molecule has 152 valence electrons. The van der Waals surface area contributed by atoms with Crippen LogP contribution < -0.4 is 10.9 Å². The lowest BCUT2D eigenvalue weighted by Crippen LogP contribution is -2.26. The highest BCUT2D eigenvalue weighted by molar-refractivity contribution is 7.20. The minimum absolute atomic E-state index is 0.0228. The minimum Gasteiger partial charge on any atom is -0.321 e. The normalized spacial score (nSPS) is 11.1. The summed E-state index contributed by atoms with van der Waals surface area (Å²) >= 11 is 1.23. The maximum absolute atomic E-state index is 13.1. The summed E-state index contributed by atoms with van der Waals surface area (Å²) in [6.45, 7) is 9.46. The van der Waals surface area contributed by atoms with E-state index in [4.69, 9.17) is 0 Å². The van der Waals surface area contributed by atoms with E-state index >= 15 is 0 Å². The summed E-state index contributed by atoms with van der Waals surface area (Å²) in [7, 11) is 0. The van der Waals surface area contributed by atoms with Gasteiger partial charge in [-0.3, -0.25) is 19.0 Å². The van der Waals surface area contributed by atoms with E-state index in [0.29, 0.717) is 39.4 Å². The van der Waals surface area contributed by atoms with Crippen LogP contribution in [0.5, 0.6) is 0 Å². The van der Waals surface area contributed by atoms with Crippen molar-refractivity contribution in [2.45, 2.75) is 54.0 Å². The number of nitrogens with zero attached hydrogens (tertiary/aromatic N) is 2. The maximum Gasteiger partial charge on any atom is 0.266 e. The third-order valence-electron chi connectivity index (χ3n) is 4.97. The number of benzene rings is 1. The van der Waals surface area contributed by atoms with Gasteiger partial charge in [0.1, 0.15) is 16.4 Å². The summed E-state index contributed by atoms with van der Waals surface area (Å²) in [6, 6.07) is 5.84. The Hall–Kier alpha value is -2.80. The van der Waals surface area contributed by atoms with E-state index < -0.39 is 0 Å². The van der Waals surface area contributed by atoms with Crippen molar-refractivity contribution in [1.82, 2.24) is 9.55 Å². The molecule has 3 rings (SSSR count). The first-order valence-corrected chi connectivity index (χ1v) is 10.5. The summed E-state index contributed by atoms with van der Waals surface area (Å²) in [5.74, 6) is 0.408. The number of hydrogen-bond donors (Lipinski definition) is 1. The molecule has 0 spiro atoms. The van der Waals surface area contributed by atoms with Crippen molar-refractivity contribution in [3.05, 3.63) is 55.9 Å². The molecule has 1 aromatic carbocycles. The second kappa shape index (κ2) is 8.29. The molecule has 1 N–H and O–H groups in total.